The van der Waals surface area contributed by atoms with Crippen molar-refractivity contribution in [1.82, 2.24) is 4.98 Å². The van der Waals surface area contributed by atoms with Gasteiger partial charge in [-0.2, -0.15) is 0 Å². The van der Waals surface area contributed by atoms with Gasteiger partial charge in [-0.3, -0.25) is 0 Å². The second-order valence-electron chi connectivity index (χ2n) is 12.2. The average Bonchev–Trinajstić information content (AvgIpc) is 3.31. The topological polar surface area (TPSA) is 12.9 Å². The van der Waals surface area contributed by atoms with Gasteiger partial charge in [-0.15, -0.1) is 11.3 Å². The van der Waals surface area contributed by atoms with Crippen molar-refractivity contribution in [2.75, 3.05) is 0 Å². The maximum absolute atomic E-state index is 5.19. The van der Waals surface area contributed by atoms with Gasteiger partial charge in [0, 0.05) is 16.9 Å². The van der Waals surface area contributed by atoms with Crippen molar-refractivity contribution < 1.29 is 0 Å². The van der Waals surface area contributed by atoms with Gasteiger partial charge in [0.05, 0.1) is 10.7 Å². The quantitative estimate of drug-likeness (QED) is 0.266. The molecule has 1 unspecified atom stereocenters. The van der Waals surface area contributed by atoms with Gasteiger partial charge in [-0.1, -0.05) is 125 Å². The van der Waals surface area contributed by atoms with E-state index >= 15 is 0 Å². The van der Waals surface area contributed by atoms with Crippen molar-refractivity contribution >= 4 is 11.3 Å². The van der Waals surface area contributed by atoms with Crippen molar-refractivity contribution in [3.8, 4) is 11.3 Å². The van der Waals surface area contributed by atoms with Gasteiger partial charge in [0.2, 0.25) is 0 Å². The minimum absolute atomic E-state index is 0.252. The molecule has 0 aliphatic heterocycles. The van der Waals surface area contributed by atoms with E-state index in [1.165, 1.54) is 111 Å². The molecule has 0 radical (unpaired) electrons. The lowest BCUT2D eigenvalue weighted by atomic mass is 9.63. The Bertz CT molecular complexity index is 860. The highest BCUT2D eigenvalue weighted by Crippen LogP contribution is 2.47. The molecule has 1 nitrogen and oxygen atoms in total. The number of fused-ring (bicyclic) bond motifs is 1. The van der Waals surface area contributed by atoms with Crippen LogP contribution in [0.4, 0.5) is 0 Å². The Balaban J connectivity index is 0.00000137. The van der Waals surface area contributed by atoms with Gasteiger partial charge in [-0.05, 0) is 53.7 Å². The minimum atomic E-state index is 0.252. The van der Waals surface area contributed by atoms with Crippen molar-refractivity contribution in [2.45, 2.75) is 156 Å². The summed E-state index contributed by atoms with van der Waals surface area (Å²) in [4.78, 5) is 5.19. The zero-order chi connectivity index (χ0) is 25.9. The molecule has 1 aromatic carbocycles. The summed E-state index contributed by atoms with van der Waals surface area (Å²) in [5.74, 6) is 0.641. The van der Waals surface area contributed by atoms with Crippen molar-refractivity contribution in [1.29, 1.82) is 0 Å². The first kappa shape index (κ1) is 30.1. The van der Waals surface area contributed by atoms with E-state index in [1.54, 1.807) is 0 Å². The number of benzene rings is 1. The van der Waals surface area contributed by atoms with Crippen LogP contribution in [-0.4, -0.2) is 4.98 Å². The molecule has 1 aliphatic rings. The highest BCUT2D eigenvalue weighted by atomic mass is 32.1. The SMILES string of the molecule is CCC.CCCCCCCCCC(CCC)c1nc(-c2ccc3c(c2)C(C)(C)CCC3(C)C)cs1. The second kappa shape index (κ2) is 14.6. The summed E-state index contributed by atoms with van der Waals surface area (Å²) in [6.45, 7) is 18.5. The maximum atomic E-state index is 5.19. The zero-order valence-electron chi connectivity index (χ0n) is 24.4. The standard InChI is InChI=1S/C30H47NS.C3H8/c1-7-9-10-11-12-13-14-16-23(15-8-2)28-31-27(22-32-28)24-17-18-25-26(21-24)30(5,6)20-19-29(25,3)4;1-3-2/h17-18,21-23H,7-16,19-20H2,1-6H3;3H2,1-2H3. The van der Waals surface area contributed by atoms with Crippen LogP contribution in [0.25, 0.3) is 11.3 Å². The molecule has 2 heteroatoms. The molecule has 3 rings (SSSR count). The van der Waals surface area contributed by atoms with E-state index in [1.807, 2.05) is 11.3 Å². The largest absolute Gasteiger partial charge is 0.241 e. The zero-order valence-corrected chi connectivity index (χ0v) is 25.3. The van der Waals surface area contributed by atoms with Crippen LogP contribution in [0, 0.1) is 0 Å². The fourth-order valence-corrected chi connectivity index (χ4v) is 6.44. The normalized spacial score (nSPS) is 16.8. The fourth-order valence-electron chi connectivity index (χ4n) is 5.44. The smallest absolute Gasteiger partial charge is 0.0963 e. The summed E-state index contributed by atoms with van der Waals surface area (Å²) in [7, 11) is 0. The van der Waals surface area contributed by atoms with Crippen molar-refractivity contribution in [3.63, 3.8) is 0 Å². The number of hydrogen-bond donors (Lipinski definition) is 0. The Morgan fingerprint density at radius 3 is 2.00 bits per heavy atom. The predicted octanol–water partition coefficient (Wildman–Crippen LogP) is 11.6. The summed E-state index contributed by atoms with van der Waals surface area (Å²) in [5.41, 5.74) is 6.10. The van der Waals surface area contributed by atoms with Crippen LogP contribution in [0.2, 0.25) is 0 Å². The van der Waals surface area contributed by atoms with E-state index < -0.39 is 0 Å². The van der Waals surface area contributed by atoms with Crippen LogP contribution < -0.4 is 0 Å². The molecule has 35 heavy (non-hydrogen) atoms. The number of rotatable bonds is 12. The van der Waals surface area contributed by atoms with Gasteiger partial charge < -0.3 is 0 Å². The van der Waals surface area contributed by atoms with Crippen LogP contribution >= 0.6 is 11.3 Å². The minimum Gasteiger partial charge on any atom is -0.241 e. The average molecular weight is 498 g/mol. The summed E-state index contributed by atoms with van der Waals surface area (Å²) in [6, 6.07) is 7.18. The van der Waals surface area contributed by atoms with Crippen LogP contribution in [0.3, 0.4) is 0 Å². The lowest BCUT2D eigenvalue weighted by Crippen LogP contribution is -2.33. The van der Waals surface area contributed by atoms with Gasteiger partial charge in [0.1, 0.15) is 0 Å². The first-order chi connectivity index (χ1) is 16.7. The molecular weight excluding hydrogens is 442 g/mol. The number of hydrogen-bond acceptors (Lipinski definition) is 2. The predicted molar refractivity (Wildman–Crippen MR) is 159 cm³/mol. The summed E-state index contributed by atoms with van der Waals surface area (Å²) in [5, 5.41) is 3.68. The highest BCUT2D eigenvalue weighted by molar-refractivity contribution is 7.10. The van der Waals surface area contributed by atoms with Crippen LogP contribution in [0.5, 0.6) is 0 Å². The molecule has 1 aromatic heterocycles. The number of aromatic nitrogens is 1. The number of unbranched alkanes of at least 4 members (excludes halogenated alkanes) is 6. The van der Waals surface area contributed by atoms with E-state index in [9.17, 15) is 0 Å². The van der Waals surface area contributed by atoms with E-state index in [0.717, 1.165) is 0 Å². The van der Waals surface area contributed by atoms with Gasteiger partial charge in [-0.25, -0.2) is 4.98 Å². The Morgan fingerprint density at radius 2 is 1.37 bits per heavy atom. The van der Waals surface area contributed by atoms with Gasteiger partial charge in [0.15, 0.2) is 0 Å². The number of thiazole rings is 1. The highest BCUT2D eigenvalue weighted by Gasteiger charge is 2.37. The molecule has 1 atom stereocenters. The summed E-state index contributed by atoms with van der Waals surface area (Å²) >= 11 is 1.89. The first-order valence-electron chi connectivity index (χ1n) is 14.8. The fraction of sp³-hybridized carbons (Fsp3) is 0.727. The summed E-state index contributed by atoms with van der Waals surface area (Å²) < 4.78 is 0. The van der Waals surface area contributed by atoms with E-state index in [4.69, 9.17) is 4.98 Å². The Hall–Kier alpha value is -1.15. The molecule has 0 spiro atoms. The van der Waals surface area contributed by atoms with Crippen LogP contribution in [0.1, 0.15) is 161 Å². The molecule has 0 N–H and O–H groups in total. The molecule has 0 saturated carbocycles. The Kier molecular flexibility index (Phi) is 12.5. The first-order valence-corrected chi connectivity index (χ1v) is 15.7. The van der Waals surface area contributed by atoms with Gasteiger partial charge in [0.25, 0.3) is 0 Å². The number of nitrogens with zero attached hydrogens (tertiary/aromatic N) is 1. The molecule has 2 aromatic rings. The molecule has 1 aliphatic carbocycles. The molecule has 0 fully saturated rings. The third kappa shape index (κ3) is 8.73. The van der Waals surface area contributed by atoms with Crippen molar-refractivity contribution in [3.05, 3.63) is 39.7 Å². The molecular formula is C33H55NS. The van der Waals surface area contributed by atoms with E-state index in [0.29, 0.717) is 5.92 Å². The molecule has 0 bridgehead atoms. The summed E-state index contributed by atoms with van der Waals surface area (Å²) in [6.07, 6.45) is 17.3. The maximum Gasteiger partial charge on any atom is 0.0963 e. The van der Waals surface area contributed by atoms with Crippen LogP contribution in [0.15, 0.2) is 23.6 Å². The van der Waals surface area contributed by atoms with E-state index in [-0.39, 0.29) is 10.8 Å². The van der Waals surface area contributed by atoms with Crippen molar-refractivity contribution in [2.24, 2.45) is 0 Å². The Labute approximate surface area is 222 Å². The van der Waals surface area contributed by atoms with Gasteiger partial charge >= 0.3 is 0 Å². The second-order valence-corrected chi connectivity index (χ2v) is 13.1. The third-order valence-electron chi connectivity index (χ3n) is 7.81. The molecule has 1 heterocycles. The lowest BCUT2D eigenvalue weighted by Gasteiger charge is -2.42. The van der Waals surface area contributed by atoms with Crippen LogP contribution in [-0.2, 0) is 10.8 Å². The third-order valence-corrected chi connectivity index (χ3v) is 8.82. The molecule has 0 saturated heterocycles. The Morgan fingerprint density at radius 1 is 0.771 bits per heavy atom. The monoisotopic (exact) mass is 497 g/mol. The van der Waals surface area contributed by atoms with E-state index in [2.05, 4.69) is 79.0 Å². The molecule has 0 amide bonds. The lowest BCUT2D eigenvalue weighted by molar-refractivity contribution is 0.332. The molecule has 198 valence electrons.